The molecule has 0 fully saturated rings. The quantitative estimate of drug-likeness (QED) is 0.780. The first-order chi connectivity index (χ1) is 6.70. The van der Waals surface area contributed by atoms with E-state index >= 15 is 0 Å². The first kappa shape index (κ1) is 11.2. The molecule has 0 amide bonds. The average Bonchev–Trinajstić information content (AvgIpc) is 2.48. The summed E-state index contributed by atoms with van der Waals surface area (Å²) in [5.41, 5.74) is 0.494. The number of carbonyl (C=O) groups is 1. The molecular weight excluding hydrogens is 248 g/mol. The zero-order valence-electron chi connectivity index (χ0n) is 8.29. The highest BCUT2D eigenvalue weighted by atomic mass is 79.9. The molecule has 14 heavy (non-hydrogen) atoms. The largest absolute Gasteiger partial charge is 0.461 e. The fraction of sp³-hybridized carbons (Fsp3) is 0.556. The number of nitrogens with zero attached hydrogens (tertiary/aromatic N) is 2. The van der Waals surface area contributed by atoms with E-state index in [2.05, 4.69) is 21.0 Å². The van der Waals surface area contributed by atoms with Gasteiger partial charge in [-0.1, -0.05) is 6.92 Å². The molecule has 0 aliphatic heterocycles. The van der Waals surface area contributed by atoms with Crippen LogP contribution in [0, 0.1) is 0 Å². The summed E-state index contributed by atoms with van der Waals surface area (Å²) < 4.78 is 7.26. The maximum Gasteiger partial charge on any atom is 0.357 e. The minimum absolute atomic E-state index is 0.328. The minimum Gasteiger partial charge on any atom is -0.461 e. The molecule has 0 saturated carbocycles. The van der Waals surface area contributed by atoms with Gasteiger partial charge in [-0.05, 0) is 29.3 Å². The Bertz CT molecular complexity index is 323. The smallest absolute Gasteiger partial charge is 0.357 e. The standard InChI is InChI=1S/C9H13BrN2O2/c1-3-5-12-8(7(10)6-11-12)9(13)14-4-2/h6H,3-5H2,1-2H3. The zero-order chi connectivity index (χ0) is 10.6. The fourth-order valence-electron chi connectivity index (χ4n) is 1.15. The van der Waals surface area contributed by atoms with Crippen LogP contribution < -0.4 is 0 Å². The molecule has 1 aromatic rings. The predicted molar refractivity (Wildman–Crippen MR) is 56.2 cm³/mol. The zero-order valence-corrected chi connectivity index (χ0v) is 9.87. The number of hydrogen-bond acceptors (Lipinski definition) is 3. The molecule has 0 spiro atoms. The van der Waals surface area contributed by atoms with E-state index in [1.807, 2.05) is 6.92 Å². The lowest BCUT2D eigenvalue weighted by atomic mass is 10.4. The summed E-state index contributed by atoms with van der Waals surface area (Å²) in [5, 5.41) is 4.08. The van der Waals surface area contributed by atoms with Crippen LogP contribution in [0.4, 0.5) is 0 Å². The molecule has 0 unspecified atom stereocenters. The van der Waals surface area contributed by atoms with E-state index in [9.17, 15) is 4.79 Å². The van der Waals surface area contributed by atoms with Gasteiger partial charge >= 0.3 is 5.97 Å². The van der Waals surface area contributed by atoms with Crippen molar-refractivity contribution in [3.63, 3.8) is 0 Å². The Morgan fingerprint density at radius 3 is 2.93 bits per heavy atom. The van der Waals surface area contributed by atoms with Gasteiger partial charge in [-0.25, -0.2) is 4.79 Å². The van der Waals surface area contributed by atoms with E-state index in [-0.39, 0.29) is 5.97 Å². The molecule has 0 aliphatic carbocycles. The molecule has 1 heterocycles. The Morgan fingerprint density at radius 1 is 1.64 bits per heavy atom. The fourth-order valence-corrected chi connectivity index (χ4v) is 1.60. The summed E-state index contributed by atoms with van der Waals surface area (Å²) in [6.07, 6.45) is 2.54. The molecule has 0 N–H and O–H groups in total. The van der Waals surface area contributed by atoms with Crippen LogP contribution in [0.1, 0.15) is 30.8 Å². The summed E-state index contributed by atoms with van der Waals surface area (Å²) in [4.78, 5) is 11.5. The summed E-state index contributed by atoms with van der Waals surface area (Å²) in [6.45, 7) is 4.92. The van der Waals surface area contributed by atoms with Crippen molar-refractivity contribution in [1.82, 2.24) is 9.78 Å². The number of ether oxygens (including phenoxy) is 1. The number of carbonyl (C=O) groups excluding carboxylic acids is 1. The van der Waals surface area contributed by atoms with Crippen LogP contribution in [-0.2, 0) is 11.3 Å². The Morgan fingerprint density at radius 2 is 2.36 bits per heavy atom. The highest BCUT2D eigenvalue weighted by molar-refractivity contribution is 9.10. The first-order valence-corrected chi connectivity index (χ1v) is 5.38. The number of hydrogen-bond donors (Lipinski definition) is 0. The second kappa shape index (κ2) is 5.14. The van der Waals surface area contributed by atoms with Crippen molar-refractivity contribution >= 4 is 21.9 Å². The van der Waals surface area contributed by atoms with E-state index < -0.39 is 0 Å². The Labute approximate surface area is 91.4 Å². The molecular formula is C9H13BrN2O2. The minimum atomic E-state index is -0.328. The molecule has 1 aromatic heterocycles. The summed E-state index contributed by atoms with van der Waals surface area (Å²) in [7, 11) is 0. The van der Waals surface area contributed by atoms with Crippen molar-refractivity contribution < 1.29 is 9.53 Å². The molecule has 4 nitrogen and oxygen atoms in total. The second-order valence-electron chi connectivity index (χ2n) is 2.78. The Hall–Kier alpha value is -0.840. The maximum atomic E-state index is 11.5. The Kier molecular flexibility index (Phi) is 4.13. The normalized spacial score (nSPS) is 10.2. The van der Waals surface area contributed by atoms with Gasteiger partial charge in [0.05, 0.1) is 17.3 Å². The number of rotatable bonds is 4. The van der Waals surface area contributed by atoms with E-state index in [1.54, 1.807) is 17.8 Å². The van der Waals surface area contributed by atoms with E-state index in [1.165, 1.54) is 0 Å². The topological polar surface area (TPSA) is 44.1 Å². The lowest BCUT2D eigenvalue weighted by Gasteiger charge is -2.05. The molecule has 0 atom stereocenters. The van der Waals surface area contributed by atoms with Crippen molar-refractivity contribution in [3.8, 4) is 0 Å². The molecule has 0 saturated heterocycles. The molecule has 0 radical (unpaired) electrons. The molecule has 0 bridgehead atoms. The van der Waals surface area contributed by atoms with Crippen LogP contribution in [0.3, 0.4) is 0 Å². The van der Waals surface area contributed by atoms with Crippen LogP contribution in [0.25, 0.3) is 0 Å². The molecule has 78 valence electrons. The van der Waals surface area contributed by atoms with Crippen molar-refractivity contribution in [2.45, 2.75) is 26.8 Å². The van der Waals surface area contributed by atoms with Gasteiger partial charge in [0.2, 0.25) is 0 Å². The van der Waals surface area contributed by atoms with E-state index in [0.717, 1.165) is 13.0 Å². The lowest BCUT2D eigenvalue weighted by Crippen LogP contribution is -2.13. The SMILES string of the molecule is CCCn1ncc(Br)c1C(=O)OCC. The van der Waals surface area contributed by atoms with Crippen LogP contribution in [-0.4, -0.2) is 22.4 Å². The van der Waals surface area contributed by atoms with Gasteiger partial charge in [-0.15, -0.1) is 0 Å². The number of aromatic nitrogens is 2. The van der Waals surface area contributed by atoms with Gasteiger partial charge in [0.25, 0.3) is 0 Å². The predicted octanol–water partition coefficient (Wildman–Crippen LogP) is 2.23. The Balaban J connectivity index is 2.92. The van der Waals surface area contributed by atoms with Crippen LogP contribution >= 0.6 is 15.9 Å². The second-order valence-corrected chi connectivity index (χ2v) is 3.64. The maximum absolute atomic E-state index is 11.5. The van der Waals surface area contributed by atoms with Gasteiger partial charge in [0.15, 0.2) is 5.69 Å². The van der Waals surface area contributed by atoms with Gasteiger partial charge < -0.3 is 4.74 Å². The van der Waals surface area contributed by atoms with Gasteiger partial charge in [0, 0.05) is 6.54 Å². The van der Waals surface area contributed by atoms with Crippen molar-refractivity contribution in [2.75, 3.05) is 6.61 Å². The molecule has 0 aromatic carbocycles. The van der Waals surface area contributed by atoms with Crippen molar-refractivity contribution in [3.05, 3.63) is 16.4 Å². The number of halogens is 1. The molecule has 0 aliphatic rings. The van der Waals surface area contributed by atoms with E-state index in [0.29, 0.717) is 16.8 Å². The van der Waals surface area contributed by atoms with Crippen molar-refractivity contribution in [2.24, 2.45) is 0 Å². The van der Waals surface area contributed by atoms with Gasteiger partial charge in [0.1, 0.15) is 0 Å². The molecule has 1 rings (SSSR count). The highest BCUT2D eigenvalue weighted by Crippen LogP contribution is 2.17. The van der Waals surface area contributed by atoms with Crippen LogP contribution in [0.15, 0.2) is 10.7 Å². The third kappa shape index (κ3) is 2.35. The average molecular weight is 261 g/mol. The summed E-state index contributed by atoms with van der Waals surface area (Å²) >= 11 is 3.27. The van der Waals surface area contributed by atoms with E-state index in [4.69, 9.17) is 4.74 Å². The highest BCUT2D eigenvalue weighted by Gasteiger charge is 2.17. The third-order valence-corrected chi connectivity index (χ3v) is 2.28. The van der Waals surface area contributed by atoms with Crippen LogP contribution in [0.2, 0.25) is 0 Å². The monoisotopic (exact) mass is 260 g/mol. The van der Waals surface area contributed by atoms with Crippen LogP contribution in [0.5, 0.6) is 0 Å². The summed E-state index contributed by atoms with van der Waals surface area (Å²) in [6, 6.07) is 0. The number of aryl methyl sites for hydroxylation is 1. The van der Waals surface area contributed by atoms with Gasteiger partial charge in [-0.2, -0.15) is 5.10 Å². The summed E-state index contributed by atoms with van der Waals surface area (Å²) in [5.74, 6) is -0.328. The molecule has 5 heteroatoms. The lowest BCUT2D eigenvalue weighted by molar-refractivity contribution is 0.0510. The first-order valence-electron chi connectivity index (χ1n) is 4.59. The van der Waals surface area contributed by atoms with Gasteiger partial charge in [-0.3, -0.25) is 4.68 Å². The number of esters is 1. The van der Waals surface area contributed by atoms with Crippen molar-refractivity contribution in [1.29, 1.82) is 0 Å². The third-order valence-electron chi connectivity index (χ3n) is 1.70.